The summed E-state index contributed by atoms with van der Waals surface area (Å²) in [5.74, 6) is 1.09. The number of anilines is 2. The van der Waals surface area contributed by atoms with E-state index in [2.05, 4.69) is 57.9 Å². The molecular formula is C20H25N5O. The SMILES string of the molecule is Cc1cccc(CCNc2ncc(C#N)c(N[C@H]3CC[C@@H](O)CC3)n2)c1. The Labute approximate surface area is 154 Å². The Kier molecular flexibility index (Phi) is 6.03. The van der Waals surface area contributed by atoms with Gasteiger partial charge >= 0.3 is 0 Å². The topological polar surface area (TPSA) is 93.9 Å². The van der Waals surface area contributed by atoms with Crippen LogP contribution in [-0.4, -0.2) is 33.8 Å². The maximum Gasteiger partial charge on any atom is 0.224 e. The molecule has 6 nitrogen and oxygen atoms in total. The minimum atomic E-state index is -0.201. The molecule has 1 heterocycles. The number of benzene rings is 1. The van der Waals surface area contributed by atoms with Crippen LogP contribution >= 0.6 is 0 Å². The van der Waals surface area contributed by atoms with E-state index < -0.39 is 0 Å². The predicted octanol–water partition coefficient (Wildman–Crippen LogP) is 3.03. The van der Waals surface area contributed by atoms with E-state index in [4.69, 9.17) is 0 Å². The molecule has 136 valence electrons. The Morgan fingerprint density at radius 3 is 2.81 bits per heavy atom. The Morgan fingerprint density at radius 1 is 1.27 bits per heavy atom. The zero-order chi connectivity index (χ0) is 18.4. The van der Waals surface area contributed by atoms with Gasteiger partial charge in [-0.15, -0.1) is 0 Å². The lowest BCUT2D eigenvalue weighted by Crippen LogP contribution is -2.29. The fourth-order valence-corrected chi connectivity index (χ4v) is 3.26. The van der Waals surface area contributed by atoms with E-state index in [1.54, 1.807) is 6.20 Å². The summed E-state index contributed by atoms with van der Waals surface area (Å²) in [5.41, 5.74) is 2.96. The highest BCUT2D eigenvalue weighted by molar-refractivity contribution is 5.54. The summed E-state index contributed by atoms with van der Waals surface area (Å²) in [6.07, 6.45) is 5.57. The summed E-state index contributed by atoms with van der Waals surface area (Å²) < 4.78 is 0. The number of rotatable bonds is 6. The van der Waals surface area contributed by atoms with E-state index in [1.165, 1.54) is 11.1 Å². The number of nitriles is 1. The van der Waals surface area contributed by atoms with Crippen LogP contribution in [0.3, 0.4) is 0 Å². The molecule has 1 aromatic carbocycles. The van der Waals surface area contributed by atoms with Gasteiger partial charge in [0.15, 0.2) is 0 Å². The molecule has 1 aliphatic carbocycles. The first-order chi connectivity index (χ1) is 12.6. The second-order valence-corrected chi connectivity index (χ2v) is 6.88. The van der Waals surface area contributed by atoms with Crippen molar-refractivity contribution in [3.8, 4) is 6.07 Å². The molecule has 3 N–H and O–H groups in total. The summed E-state index contributed by atoms with van der Waals surface area (Å²) in [6, 6.07) is 10.8. The molecule has 1 saturated carbocycles. The first-order valence-electron chi connectivity index (χ1n) is 9.15. The van der Waals surface area contributed by atoms with Gasteiger partial charge in [0.1, 0.15) is 17.5 Å². The molecular weight excluding hydrogens is 326 g/mol. The molecule has 6 heteroatoms. The molecule has 0 bridgehead atoms. The van der Waals surface area contributed by atoms with Crippen LogP contribution in [0.1, 0.15) is 42.4 Å². The number of aryl methyl sites for hydroxylation is 1. The van der Waals surface area contributed by atoms with Gasteiger partial charge in [-0.25, -0.2) is 4.98 Å². The molecule has 0 spiro atoms. The highest BCUT2D eigenvalue weighted by atomic mass is 16.3. The number of hydrogen-bond acceptors (Lipinski definition) is 6. The van der Waals surface area contributed by atoms with E-state index in [1.807, 2.05) is 0 Å². The number of nitrogens with one attached hydrogen (secondary N) is 2. The largest absolute Gasteiger partial charge is 0.393 e. The zero-order valence-electron chi connectivity index (χ0n) is 15.1. The van der Waals surface area contributed by atoms with Gasteiger partial charge in [-0.05, 0) is 44.6 Å². The molecule has 1 aliphatic rings. The van der Waals surface area contributed by atoms with Crippen molar-refractivity contribution < 1.29 is 5.11 Å². The Balaban J connectivity index is 1.60. The highest BCUT2D eigenvalue weighted by Gasteiger charge is 2.20. The predicted molar refractivity (Wildman–Crippen MR) is 102 cm³/mol. The summed E-state index contributed by atoms with van der Waals surface area (Å²) in [7, 11) is 0. The van der Waals surface area contributed by atoms with E-state index in [9.17, 15) is 10.4 Å². The molecule has 0 amide bonds. The van der Waals surface area contributed by atoms with Crippen molar-refractivity contribution in [2.45, 2.75) is 51.2 Å². The van der Waals surface area contributed by atoms with Crippen molar-refractivity contribution in [1.29, 1.82) is 5.26 Å². The monoisotopic (exact) mass is 351 g/mol. The smallest absolute Gasteiger partial charge is 0.224 e. The molecule has 26 heavy (non-hydrogen) atoms. The lowest BCUT2D eigenvalue weighted by Gasteiger charge is -2.26. The van der Waals surface area contributed by atoms with Crippen LogP contribution in [0, 0.1) is 18.3 Å². The van der Waals surface area contributed by atoms with Gasteiger partial charge < -0.3 is 15.7 Å². The fraction of sp³-hybridized carbons (Fsp3) is 0.450. The fourth-order valence-electron chi connectivity index (χ4n) is 3.26. The summed E-state index contributed by atoms with van der Waals surface area (Å²) in [6.45, 7) is 2.81. The highest BCUT2D eigenvalue weighted by Crippen LogP contribution is 2.23. The normalized spacial score (nSPS) is 19.6. The Hall–Kier alpha value is -2.65. The van der Waals surface area contributed by atoms with E-state index in [0.717, 1.165) is 38.6 Å². The van der Waals surface area contributed by atoms with Gasteiger partial charge in [-0.3, -0.25) is 0 Å². The van der Waals surface area contributed by atoms with E-state index >= 15 is 0 Å². The molecule has 0 aliphatic heterocycles. The Morgan fingerprint density at radius 2 is 2.08 bits per heavy atom. The maximum absolute atomic E-state index is 9.63. The molecule has 2 aromatic rings. The second kappa shape index (κ2) is 8.63. The quantitative estimate of drug-likeness (QED) is 0.741. The minimum Gasteiger partial charge on any atom is -0.393 e. The van der Waals surface area contributed by atoms with Gasteiger partial charge in [0.25, 0.3) is 0 Å². The van der Waals surface area contributed by atoms with Crippen molar-refractivity contribution in [1.82, 2.24) is 9.97 Å². The third kappa shape index (κ3) is 4.93. The van der Waals surface area contributed by atoms with Crippen molar-refractivity contribution in [3.05, 3.63) is 47.2 Å². The number of hydrogen-bond donors (Lipinski definition) is 3. The zero-order valence-corrected chi connectivity index (χ0v) is 15.1. The van der Waals surface area contributed by atoms with Crippen LogP contribution in [0.25, 0.3) is 0 Å². The number of aliphatic hydroxyl groups excluding tert-OH is 1. The third-order valence-electron chi connectivity index (χ3n) is 4.73. The number of nitrogens with zero attached hydrogens (tertiary/aromatic N) is 3. The first-order valence-corrected chi connectivity index (χ1v) is 9.15. The van der Waals surface area contributed by atoms with Crippen LogP contribution in [0.2, 0.25) is 0 Å². The summed E-state index contributed by atoms with van der Waals surface area (Å²) >= 11 is 0. The second-order valence-electron chi connectivity index (χ2n) is 6.88. The molecule has 1 aromatic heterocycles. The summed E-state index contributed by atoms with van der Waals surface area (Å²) in [5, 5.41) is 25.5. The minimum absolute atomic E-state index is 0.201. The molecule has 0 saturated heterocycles. The first kappa shape index (κ1) is 18.2. The van der Waals surface area contributed by atoms with Gasteiger partial charge in [0.2, 0.25) is 5.95 Å². The van der Waals surface area contributed by atoms with Gasteiger partial charge in [0, 0.05) is 12.6 Å². The summed E-state index contributed by atoms with van der Waals surface area (Å²) in [4.78, 5) is 8.73. The van der Waals surface area contributed by atoms with Crippen LogP contribution in [-0.2, 0) is 6.42 Å². The average Bonchev–Trinajstić information content (AvgIpc) is 2.64. The van der Waals surface area contributed by atoms with Gasteiger partial charge in [-0.1, -0.05) is 29.8 Å². The Bertz CT molecular complexity index is 778. The molecule has 1 fully saturated rings. The van der Waals surface area contributed by atoms with Crippen LogP contribution in [0.5, 0.6) is 0 Å². The molecule has 0 atom stereocenters. The van der Waals surface area contributed by atoms with Crippen molar-refractivity contribution >= 4 is 11.8 Å². The number of aliphatic hydroxyl groups is 1. The van der Waals surface area contributed by atoms with Crippen LogP contribution < -0.4 is 10.6 Å². The number of aromatic nitrogens is 2. The molecule has 0 unspecified atom stereocenters. The lowest BCUT2D eigenvalue weighted by atomic mass is 9.93. The lowest BCUT2D eigenvalue weighted by molar-refractivity contribution is 0.126. The van der Waals surface area contributed by atoms with Crippen molar-refractivity contribution in [2.24, 2.45) is 0 Å². The van der Waals surface area contributed by atoms with E-state index in [-0.39, 0.29) is 12.1 Å². The third-order valence-corrected chi connectivity index (χ3v) is 4.73. The van der Waals surface area contributed by atoms with Gasteiger partial charge in [-0.2, -0.15) is 10.2 Å². The standard InChI is InChI=1S/C20H25N5O/c1-14-3-2-4-15(11-14)9-10-22-20-23-13-16(12-21)19(25-20)24-17-5-7-18(26)8-6-17/h2-4,11,13,17-18,26H,5-10H2,1H3,(H2,22,23,24,25)/t17-,18+. The average molecular weight is 351 g/mol. The van der Waals surface area contributed by atoms with Crippen molar-refractivity contribution in [2.75, 3.05) is 17.2 Å². The van der Waals surface area contributed by atoms with E-state index in [0.29, 0.717) is 17.3 Å². The molecule has 0 radical (unpaired) electrons. The maximum atomic E-state index is 9.63. The van der Waals surface area contributed by atoms with Crippen LogP contribution in [0.4, 0.5) is 11.8 Å². The molecule has 3 rings (SSSR count). The van der Waals surface area contributed by atoms with Crippen LogP contribution in [0.15, 0.2) is 30.5 Å². The van der Waals surface area contributed by atoms with Gasteiger partial charge in [0.05, 0.1) is 12.3 Å². The van der Waals surface area contributed by atoms with Crippen molar-refractivity contribution in [3.63, 3.8) is 0 Å².